The molecule has 3 nitrogen and oxygen atoms in total. The van der Waals surface area contributed by atoms with Crippen LogP contribution in [0.5, 0.6) is 0 Å². The van der Waals surface area contributed by atoms with Crippen molar-refractivity contribution < 1.29 is 13.2 Å². The molecule has 0 aromatic heterocycles. The van der Waals surface area contributed by atoms with E-state index in [1.54, 1.807) is 6.92 Å². The van der Waals surface area contributed by atoms with Gasteiger partial charge in [-0.15, -0.1) is 0 Å². The van der Waals surface area contributed by atoms with E-state index in [0.29, 0.717) is 13.0 Å². The summed E-state index contributed by atoms with van der Waals surface area (Å²) in [7, 11) is -2.88. The van der Waals surface area contributed by atoms with Crippen molar-refractivity contribution >= 4 is 9.84 Å². The molecule has 4 heteroatoms. The highest BCUT2D eigenvalue weighted by atomic mass is 32.2. The van der Waals surface area contributed by atoms with Gasteiger partial charge in [0, 0.05) is 6.61 Å². The van der Waals surface area contributed by atoms with Crippen molar-refractivity contribution in [1.29, 1.82) is 0 Å². The van der Waals surface area contributed by atoms with Crippen LogP contribution in [0.4, 0.5) is 0 Å². The summed E-state index contributed by atoms with van der Waals surface area (Å²) in [5, 5.41) is 0. The molecule has 0 amide bonds. The average molecular weight is 150 g/mol. The van der Waals surface area contributed by atoms with Gasteiger partial charge < -0.3 is 4.74 Å². The number of ether oxygens (including phenoxy) is 1. The molecule has 1 aliphatic rings. The molecule has 0 aromatic rings. The molecule has 1 atom stereocenters. The van der Waals surface area contributed by atoms with Gasteiger partial charge in [0.1, 0.15) is 0 Å². The van der Waals surface area contributed by atoms with E-state index in [1.807, 2.05) is 0 Å². The fourth-order valence-corrected chi connectivity index (χ4v) is 1.93. The highest BCUT2D eigenvalue weighted by molar-refractivity contribution is 7.91. The number of hydrogen-bond donors (Lipinski definition) is 0. The molecule has 1 unspecified atom stereocenters. The molecule has 0 spiro atoms. The molecule has 1 saturated heterocycles. The lowest BCUT2D eigenvalue weighted by Crippen LogP contribution is -2.30. The molecule has 54 valence electrons. The molecule has 0 N–H and O–H groups in total. The lowest BCUT2D eigenvalue weighted by Gasteiger charge is -2.18. The van der Waals surface area contributed by atoms with Gasteiger partial charge in [0.2, 0.25) is 0 Å². The quantitative estimate of drug-likeness (QED) is 0.494. The van der Waals surface area contributed by atoms with Crippen LogP contribution in [0.3, 0.4) is 0 Å². The normalized spacial score (nSPS) is 34.1. The summed E-state index contributed by atoms with van der Waals surface area (Å²) < 4.78 is 26.6. The second-order valence-electron chi connectivity index (χ2n) is 2.16. The summed E-state index contributed by atoms with van der Waals surface area (Å²) in [6.45, 7) is 2.16. The van der Waals surface area contributed by atoms with E-state index in [-0.39, 0.29) is 5.75 Å². The predicted molar refractivity (Wildman–Crippen MR) is 33.8 cm³/mol. The first-order valence-corrected chi connectivity index (χ1v) is 4.67. The van der Waals surface area contributed by atoms with Crippen molar-refractivity contribution in [3.05, 3.63) is 0 Å². The molecule has 0 saturated carbocycles. The van der Waals surface area contributed by atoms with Crippen LogP contribution in [0.15, 0.2) is 0 Å². The summed E-state index contributed by atoms with van der Waals surface area (Å²) in [5.41, 5.74) is -0.578. The van der Waals surface area contributed by atoms with Crippen LogP contribution in [0.2, 0.25) is 0 Å². The minimum absolute atomic E-state index is 0.286. The molecule has 0 aliphatic carbocycles. The van der Waals surface area contributed by atoms with Gasteiger partial charge in [-0.1, -0.05) is 0 Å². The van der Waals surface area contributed by atoms with Crippen molar-refractivity contribution in [2.75, 3.05) is 12.4 Å². The second-order valence-corrected chi connectivity index (χ2v) is 4.56. The van der Waals surface area contributed by atoms with Gasteiger partial charge in [0.15, 0.2) is 15.3 Å². The summed E-state index contributed by atoms with van der Waals surface area (Å²) in [4.78, 5) is 0. The molecular formula is C5H10O3S. The fourth-order valence-electron chi connectivity index (χ4n) is 0.779. The molecule has 0 radical (unpaired) electrons. The Morgan fingerprint density at radius 2 is 2.22 bits per heavy atom. The molecule has 9 heavy (non-hydrogen) atoms. The summed E-state index contributed by atoms with van der Waals surface area (Å²) >= 11 is 0. The zero-order valence-corrected chi connectivity index (χ0v) is 6.15. The Morgan fingerprint density at radius 1 is 1.56 bits per heavy atom. The molecule has 1 heterocycles. The van der Waals surface area contributed by atoms with Gasteiger partial charge in [-0.05, 0) is 13.3 Å². The van der Waals surface area contributed by atoms with Crippen LogP contribution < -0.4 is 0 Å². The van der Waals surface area contributed by atoms with Gasteiger partial charge in [-0.2, -0.15) is 0 Å². The number of rotatable bonds is 0. The Labute approximate surface area is 54.9 Å². The van der Waals surface area contributed by atoms with E-state index in [2.05, 4.69) is 0 Å². The van der Waals surface area contributed by atoms with Crippen molar-refractivity contribution in [1.82, 2.24) is 0 Å². The lowest BCUT2D eigenvalue weighted by atomic mass is 10.5. The van der Waals surface area contributed by atoms with Crippen molar-refractivity contribution in [3.8, 4) is 0 Å². The first-order chi connectivity index (χ1) is 4.13. The second kappa shape index (κ2) is 2.27. The maximum absolute atomic E-state index is 10.9. The first-order valence-electron chi connectivity index (χ1n) is 2.96. The topological polar surface area (TPSA) is 43.4 Å². The van der Waals surface area contributed by atoms with Gasteiger partial charge >= 0.3 is 0 Å². The highest BCUT2D eigenvalue weighted by Gasteiger charge is 2.24. The van der Waals surface area contributed by atoms with E-state index < -0.39 is 15.3 Å². The minimum Gasteiger partial charge on any atom is -0.363 e. The van der Waals surface area contributed by atoms with Crippen LogP contribution >= 0.6 is 0 Å². The van der Waals surface area contributed by atoms with Gasteiger partial charge in [0.25, 0.3) is 0 Å². The smallest absolute Gasteiger partial charge is 0.176 e. The van der Waals surface area contributed by atoms with Crippen LogP contribution in [0, 0.1) is 0 Å². The van der Waals surface area contributed by atoms with Crippen molar-refractivity contribution in [2.45, 2.75) is 18.8 Å². The minimum atomic E-state index is -2.88. The van der Waals surface area contributed by atoms with Gasteiger partial charge in [0.05, 0.1) is 5.75 Å². The van der Waals surface area contributed by atoms with E-state index in [0.717, 1.165) is 0 Å². The third-order valence-corrected chi connectivity index (χ3v) is 3.44. The van der Waals surface area contributed by atoms with Crippen molar-refractivity contribution in [3.63, 3.8) is 0 Å². The molecule has 0 bridgehead atoms. The maximum Gasteiger partial charge on any atom is 0.176 e. The van der Waals surface area contributed by atoms with Crippen molar-refractivity contribution in [2.24, 2.45) is 0 Å². The SMILES string of the molecule is CC1OCCCS1(=O)=O. The molecule has 0 aromatic carbocycles. The number of hydrogen-bond acceptors (Lipinski definition) is 3. The van der Waals surface area contributed by atoms with E-state index in [9.17, 15) is 8.42 Å². The third-order valence-electron chi connectivity index (χ3n) is 1.43. The third kappa shape index (κ3) is 1.43. The monoisotopic (exact) mass is 150 g/mol. The van der Waals surface area contributed by atoms with E-state index in [4.69, 9.17) is 4.74 Å². The van der Waals surface area contributed by atoms with Crippen LogP contribution in [-0.4, -0.2) is 26.2 Å². The Kier molecular flexibility index (Phi) is 1.77. The summed E-state index contributed by atoms with van der Waals surface area (Å²) in [6.07, 6.45) is 0.646. The maximum atomic E-state index is 10.9. The van der Waals surface area contributed by atoms with E-state index in [1.165, 1.54) is 0 Å². The van der Waals surface area contributed by atoms with Crippen LogP contribution in [0.1, 0.15) is 13.3 Å². The Balaban J connectivity index is 2.72. The van der Waals surface area contributed by atoms with Crippen LogP contribution in [-0.2, 0) is 14.6 Å². The Hall–Kier alpha value is -0.0900. The fraction of sp³-hybridized carbons (Fsp3) is 1.00. The zero-order chi connectivity index (χ0) is 6.91. The first kappa shape index (κ1) is 7.02. The highest BCUT2D eigenvalue weighted by Crippen LogP contribution is 2.11. The largest absolute Gasteiger partial charge is 0.363 e. The predicted octanol–water partition coefficient (Wildman–Crippen LogP) is 0.167. The Morgan fingerprint density at radius 3 is 2.56 bits per heavy atom. The molecule has 1 aliphatic heterocycles. The van der Waals surface area contributed by atoms with Gasteiger partial charge in [-0.3, -0.25) is 0 Å². The Bertz CT molecular complexity index is 182. The zero-order valence-electron chi connectivity index (χ0n) is 5.33. The molecule has 1 rings (SSSR count). The average Bonchev–Trinajstić information content (AvgIpc) is 1.77. The van der Waals surface area contributed by atoms with Gasteiger partial charge in [-0.25, -0.2) is 8.42 Å². The standard InChI is InChI=1S/C5H10O3S/c1-5-8-3-2-4-9(5,6)7/h5H,2-4H2,1H3. The van der Waals surface area contributed by atoms with Crippen LogP contribution in [0.25, 0.3) is 0 Å². The summed E-state index contributed by atoms with van der Waals surface area (Å²) in [5.74, 6) is 0.286. The lowest BCUT2D eigenvalue weighted by molar-refractivity contribution is 0.107. The number of sulfone groups is 1. The molecular weight excluding hydrogens is 140 g/mol. The molecule has 1 fully saturated rings. The van der Waals surface area contributed by atoms with E-state index >= 15 is 0 Å². The summed E-state index contributed by atoms with van der Waals surface area (Å²) in [6, 6.07) is 0.